The predicted octanol–water partition coefficient (Wildman–Crippen LogP) is 3.08. The van der Waals surface area contributed by atoms with Gasteiger partial charge in [0, 0.05) is 18.7 Å². The largest absolute Gasteiger partial charge is 0.481 e. The standard InChI is InChI=1S/C16H21F2NO2/c1-2-14(8-11-5-6-13(17)9-15(11)18)19-7-3-4-12(10-19)16(20)21/h5-6,9,12,14H,2-4,7-8,10H2,1H3,(H,20,21). The number of rotatable bonds is 5. The van der Waals surface area contributed by atoms with E-state index in [9.17, 15) is 13.6 Å². The van der Waals surface area contributed by atoms with Crippen molar-refractivity contribution in [1.82, 2.24) is 4.90 Å². The van der Waals surface area contributed by atoms with Crippen molar-refractivity contribution in [3.8, 4) is 0 Å². The maximum absolute atomic E-state index is 13.8. The molecule has 1 fully saturated rings. The lowest BCUT2D eigenvalue weighted by molar-refractivity contribution is -0.143. The molecule has 0 spiro atoms. The number of nitrogens with zero attached hydrogens (tertiary/aromatic N) is 1. The van der Waals surface area contributed by atoms with E-state index in [0.717, 1.165) is 25.5 Å². The van der Waals surface area contributed by atoms with Gasteiger partial charge in [0.05, 0.1) is 5.92 Å². The molecule has 1 aliphatic rings. The maximum Gasteiger partial charge on any atom is 0.307 e. The molecule has 1 aromatic carbocycles. The van der Waals surface area contributed by atoms with Crippen molar-refractivity contribution >= 4 is 5.97 Å². The van der Waals surface area contributed by atoms with Gasteiger partial charge in [0.1, 0.15) is 11.6 Å². The van der Waals surface area contributed by atoms with E-state index in [2.05, 4.69) is 4.90 Å². The molecule has 2 unspecified atom stereocenters. The number of hydrogen-bond acceptors (Lipinski definition) is 2. The first-order valence-electron chi connectivity index (χ1n) is 7.42. The van der Waals surface area contributed by atoms with Crippen molar-refractivity contribution in [2.45, 2.75) is 38.6 Å². The average molecular weight is 297 g/mol. The quantitative estimate of drug-likeness (QED) is 0.908. The molecule has 0 bridgehead atoms. The molecule has 2 rings (SSSR count). The molecular weight excluding hydrogens is 276 g/mol. The molecule has 1 saturated heterocycles. The second-order valence-electron chi connectivity index (χ2n) is 5.67. The van der Waals surface area contributed by atoms with Crippen molar-refractivity contribution in [2.24, 2.45) is 5.92 Å². The van der Waals surface area contributed by atoms with Gasteiger partial charge in [-0.15, -0.1) is 0 Å². The van der Waals surface area contributed by atoms with Gasteiger partial charge in [-0.3, -0.25) is 9.69 Å². The number of benzene rings is 1. The molecule has 21 heavy (non-hydrogen) atoms. The van der Waals surface area contributed by atoms with Crippen LogP contribution in [0.25, 0.3) is 0 Å². The van der Waals surface area contributed by atoms with Gasteiger partial charge in [-0.2, -0.15) is 0 Å². The molecule has 1 heterocycles. The molecular formula is C16H21F2NO2. The molecule has 2 atom stereocenters. The van der Waals surface area contributed by atoms with Gasteiger partial charge < -0.3 is 5.11 Å². The Kier molecular flexibility index (Phi) is 5.28. The molecule has 5 heteroatoms. The van der Waals surface area contributed by atoms with Crippen LogP contribution in [0.5, 0.6) is 0 Å². The first-order chi connectivity index (χ1) is 10.0. The van der Waals surface area contributed by atoms with Gasteiger partial charge in [-0.1, -0.05) is 13.0 Å². The minimum Gasteiger partial charge on any atom is -0.481 e. The Labute approximate surface area is 123 Å². The molecule has 0 saturated carbocycles. The first-order valence-corrected chi connectivity index (χ1v) is 7.42. The molecule has 1 aliphatic heterocycles. The van der Waals surface area contributed by atoms with E-state index in [1.54, 1.807) is 0 Å². The summed E-state index contributed by atoms with van der Waals surface area (Å²) in [4.78, 5) is 13.3. The molecule has 0 radical (unpaired) electrons. The third kappa shape index (κ3) is 4.00. The Morgan fingerprint density at radius 2 is 2.24 bits per heavy atom. The van der Waals surface area contributed by atoms with Crippen LogP contribution in [0.3, 0.4) is 0 Å². The van der Waals surface area contributed by atoms with Gasteiger partial charge in [-0.05, 0) is 43.9 Å². The average Bonchev–Trinajstić information content (AvgIpc) is 2.46. The Balaban J connectivity index is 2.07. The lowest BCUT2D eigenvalue weighted by Gasteiger charge is -2.36. The van der Waals surface area contributed by atoms with Gasteiger partial charge >= 0.3 is 5.97 Å². The second kappa shape index (κ2) is 6.98. The Morgan fingerprint density at radius 3 is 2.86 bits per heavy atom. The van der Waals surface area contributed by atoms with E-state index in [0.29, 0.717) is 24.9 Å². The first kappa shape index (κ1) is 15.9. The summed E-state index contributed by atoms with van der Waals surface area (Å²) < 4.78 is 26.7. The van der Waals surface area contributed by atoms with Gasteiger partial charge in [0.25, 0.3) is 0 Å². The Bertz CT molecular complexity index is 507. The third-order valence-electron chi connectivity index (χ3n) is 4.26. The van der Waals surface area contributed by atoms with Crippen LogP contribution < -0.4 is 0 Å². The van der Waals surface area contributed by atoms with Gasteiger partial charge in [0.15, 0.2) is 0 Å². The number of hydrogen-bond donors (Lipinski definition) is 1. The highest BCUT2D eigenvalue weighted by Gasteiger charge is 2.29. The number of carboxylic acids is 1. The van der Waals surface area contributed by atoms with Crippen molar-refractivity contribution in [1.29, 1.82) is 0 Å². The molecule has 1 aromatic rings. The van der Waals surface area contributed by atoms with Crippen LogP contribution in [0.15, 0.2) is 18.2 Å². The van der Waals surface area contributed by atoms with Crippen LogP contribution in [0.4, 0.5) is 8.78 Å². The highest BCUT2D eigenvalue weighted by atomic mass is 19.1. The molecule has 0 aliphatic carbocycles. The summed E-state index contributed by atoms with van der Waals surface area (Å²) in [7, 11) is 0. The minimum absolute atomic E-state index is 0.0899. The predicted molar refractivity (Wildman–Crippen MR) is 76.1 cm³/mol. The van der Waals surface area contributed by atoms with Crippen molar-refractivity contribution in [3.63, 3.8) is 0 Å². The molecule has 116 valence electrons. The smallest absolute Gasteiger partial charge is 0.307 e. The topological polar surface area (TPSA) is 40.5 Å². The number of likely N-dealkylation sites (tertiary alicyclic amines) is 1. The zero-order chi connectivity index (χ0) is 15.4. The van der Waals surface area contributed by atoms with Crippen LogP contribution in [-0.4, -0.2) is 35.1 Å². The third-order valence-corrected chi connectivity index (χ3v) is 4.26. The molecule has 0 aromatic heterocycles. The van der Waals surface area contributed by atoms with Crippen LogP contribution in [0.2, 0.25) is 0 Å². The molecule has 1 N–H and O–H groups in total. The summed E-state index contributed by atoms with van der Waals surface area (Å²) in [6, 6.07) is 3.73. The number of aliphatic carboxylic acids is 1. The normalized spacial score (nSPS) is 21.2. The van der Waals surface area contributed by atoms with E-state index in [1.807, 2.05) is 6.92 Å². The van der Waals surface area contributed by atoms with E-state index in [4.69, 9.17) is 5.11 Å². The Hall–Kier alpha value is -1.49. The van der Waals surface area contributed by atoms with Crippen molar-refractivity contribution in [3.05, 3.63) is 35.4 Å². The van der Waals surface area contributed by atoms with Gasteiger partial charge in [0.2, 0.25) is 0 Å². The van der Waals surface area contributed by atoms with Crippen molar-refractivity contribution < 1.29 is 18.7 Å². The summed E-state index contributed by atoms with van der Waals surface area (Å²) in [5.41, 5.74) is 0.487. The fraction of sp³-hybridized carbons (Fsp3) is 0.562. The van der Waals surface area contributed by atoms with Crippen LogP contribution in [0.1, 0.15) is 31.7 Å². The highest BCUT2D eigenvalue weighted by Crippen LogP contribution is 2.23. The zero-order valence-electron chi connectivity index (χ0n) is 12.2. The van der Waals surface area contributed by atoms with E-state index in [-0.39, 0.29) is 12.0 Å². The fourth-order valence-corrected chi connectivity index (χ4v) is 3.01. The van der Waals surface area contributed by atoms with E-state index >= 15 is 0 Å². The SMILES string of the molecule is CCC(Cc1ccc(F)cc1F)N1CCCC(C(=O)O)C1. The summed E-state index contributed by atoms with van der Waals surface area (Å²) in [6.07, 6.45) is 2.84. The number of piperidine rings is 1. The van der Waals surface area contributed by atoms with Crippen LogP contribution in [-0.2, 0) is 11.2 Å². The summed E-state index contributed by atoms with van der Waals surface area (Å²) in [6.45, 7) is 3.36. The number of halogens is 2. The minimum atomic E-state index is -0.762. The molecule has 0 amide bonds. The maximum atomic E-state index is 13.8. The van der Waals surface area contributed by atoms with Crippen molar-refractivity contribution in [2.75, 3.05) is 13.1 Å². The summed E-state index contributed by atoms with van der Waals surface area (Å²) in [5.74, 6) is -2.21. The lowest BCUT2D eigenvalue weighted by Crippen LogP contribution is -2.45. The highest BCUT2D eigenvalue weighted by molar-refractivity contribution is 5.70. The number of carbonyl (C=O) groups is 1. The van der Waals surface area contributed by atoms with Gasteiger partial charge in [-0.25, -0.2) is 8.78 Å². The number of carboxylic acid groups (broad SMARTS) is 1. The molecule has 3 nitrogen and oxygen atoms in total. The monoisotopic (exact) mass is 297 g/mol. The van der Waals surface area contributed by atoms with E-state index in [1.165, 1.54) is 12.1 Å². The van der Waals surface area contributed by atoms with Crippen LogP contribution in [0, 0.1) is 17.6 Å². The summed E-state index contributed by atoms with van der Waals surface area (Å²) in [5, 5.41) is 9.15. The van der Waals surface area contributed by atoms with Crippen LogP contribution >= 0.6 is 0 Å². The summed E-state index contributed by atoms with van der Waals surface area (Å²) >= 11 is 0. The zero-order valence-corrected chi connectivity index (χ0v) is 12.2. The second-order valence-corrected chi connectivity index (χ2v) is 5.67. The fourth-order valence-electron chi connectivity index (χ4n) is 3.01. The van der Waals surface area contributed by atoms with E-state index < -0.39 is 17.6 Å². The Morgan fingerprint density at radius 1 is 1.48 bits per heavy atom. The lowest BCUT2D eigenvalue weighted by atomic mass is 9.94.